The molecular weight excluding hydrogens is 624 g/mol. The van der Waals surface area contributed by atoms with Crippen LogP contribution in [0.3, 0.4) is 0 Å². The number of carbonyl (C=O) groups is 2. The highest BCUT2D eigenvalue weighted by atomic mass is 16.6. The lowest BCUT2D eigenvalue weighted by Gasteiger charge is -2.22. The summed E-state index contributed by atoms with van der Waals surface area (Å²) >= 11 is 0. The SMILES string of the molecule is CCCCCCCCC(CCCCCCCC)OC(=O)CCCCCCCN(CCCCCCCC(=O)OCCCCCCC)CCNOC. The Morgan fingerprint density at radius 3 is 1.42 bits per heavy atom. The van der Waals surface area contributed by atoms with Crippen molar-refractivity contribution in [1.82, 2.24) is 10.4 Å². The Balaban J connectivity index is 4.12. The van der Waals surface area contributed by atoms with Gasteiger partial charge in [-0.05, 0) is 70.9 Å². The average Bonchev–Trinajstić information content (AvgIpc) is 3.11. The lowest BCUT2D eigenvalue weighted by Crippen LogP contribution is -2.33. The molecule has 0 spiro atoms. The summed E-state index contributed by atoms with van der Waals surface area (Å²) in [6.07, 6.45) is 35.9. The second-order valence-electron chi connectivity index (χ2n) is 14.8. The molecule has 0 saturated carbocycles. The van der Waals surface area contributed by atoms with Crippen LogP contribution in [-0.2, 0) is 23.9 Å². The molecule has 0 aliphatic carbocycles. The zero-order chi connectivity index (χ0) is 36.6. The summed E-state index contributed by atoms with van der Waals surface area (Å²) in [6, 6.07) is 0. The van der Waals surface area contributed by atoms with E-state index in [1.807, 2.05) is 0 Å². The van der Waals surface area contributed by atoms with E-state index >= 15 is 0 Å². The highest BCUT2D eigenvalue weighted by molar-refractivity contribution is 5.69. The summed E-state index contributed by atoms with van der Waals surface area (Å²) in [7, 11) is 1.68. The van der Waals surface area contributed by atoms with E-state index in [1.54, 1.807) is 7.11 Å². The average molecular weight is 711 g/mol. The third kappa shape index (κ3) is 36.6. The number of rotatable bonds is 41. The molecule has 0 rings (SSSR count). The minimum Gasteiger partial charge on any atom is -0.466 e. The number of hydroxylamine groups is 1. The Morgan fingerprint density at radius 2 is 0.920 bits per heavy atom. The smallest absolute Gasteiger partial charge is 0.306 e. The normalized spacial score (nSPS) is 11.6. The van der Waals surface area contributed by atoms with Crippen molar-refractivity contribution in [2.24, 2.45) is 0 Å². The summed E-state index contributed by atoms with van der Waals surface area (Å²) in [4.78, 5) is 32.3. The lowest BCUT2D eigenvalue weighted by atomic mass is 10.0. The van der Waals surface area contributed by atoms with Gasteiger partial charge >= 0.3 is 11.9 Å². The third-order valence-corrected chi connectivity index (χ3v) is 9.95. The molecule has 0 bridgehead atoms. The Labute approximate surface area is 311 Å². The Morgan fingerprint density at radius 1 is 0.500 bits per heavy atom. The molecule has 1 N–H and O–H groups in total. The van der Waals surface area contributed by atoms with Crippen molar-refractivity contribution in [2.75, 3.05) is 39.9 Å². The third-order valence-electron chi connectivity index (χ3n) is 9.95. The van der Waals surface area contributed by atoms with Gasteiger partial charge in [-0.1, -0.05) is 149 Å². The zero-order valence-corrected chi connectivity index (χ0v) is 34.0. The zero-order valence-electron chi connectivity index (χ0n) is 34.0. The number of nitrogens with zero attached hydrogens (tertiary/aromatic N) is 1. The van der Waals surface area contributed by atoms with E-state index in [2.05, 4.69) is 31.2 Å². The number of hydrogen-bond donors (Lipinski definition) is 1. The molecule has 0 unspecified atom stereocenters. The van der Waals surface area contributed by atoms with Gasteiger partial charge in [0.15, 0.2) is 0 Å². The number of hydrogen-bond acceptors (Lipinski definition) is 7. The van der Waals surface area contributed by atoms with Crippen molar-refractivity contribution in [1.29, 1.82) is 0 Å². The molecular formula is C43H86N2O5. The van der Waals surface area contributed by atoms with Gasteiger partial charge in [-0.25, -0.2) is 5.48 Å². The lowest BCUT2D eigenvalue weighted by molar-refractivity contribution is -0.150. The summed E-state index contributed by atoms with van der Waals surface area (Å²) in [5.41, 5.74) is 2.99. The molecule has 0 aromatic rings. The topological polar surface area (TPSA) is 77.1 Å². The molecule has 0 saturated heterocycles. The molecule has 0 heterocycles. The van der Waals surface area contributed by atoms with Crippen molar-refractivity contribution in [2.45, 2.75) is 226 Å². The van der Waals surface area contributed by atoms with Gasteiger partial charge in [0.05, 0.1) is 13.7 Å². The molecule has 0 aromatic heterocycles. The number of esters is 2. The largest absolute Gasteiger partial charge is 0.466 e. The van der Waals surface area contributed by atoms with Gasteiger partial charge in [0.2, 0.25) is 0 Å². The minimum absolute atomic E-state index is 0.0245. The van der Waals surface area contributed by atoms with Crippen LogP contribution < -0.4 is 5.48 Å². The van der Waals surface area contributed by atoms with Crippen LogP contribution in [0, 0.1) is 0 Å². The first-order chi connectivity index (χ1) is 24.6. The predicted octanol–water partition coefficient (Wildman–Crippen LogP) is 12.0. The molecule has 50 heavy (non-hydrogen) atoms. The van der Waals surface area contributed by atoms with E-state index in [0.717, 1.165) is 77.5 Å². The molecule has 0 amide bonds. The predicted molar refractivity (Wildman–Crippen MR) is 212 cm³/mol. The minimum atomic E-state index is -0.0245. The first-order valence-corrected chi connectivity index (χ1v) is 21.9. The molecule has 298 valence electrons. The maximum Gasteiger partial charge on any atom is 0.306 e. The molecule has 0 fully saturated rings. The van der Waals surface area contributed by atoms with Crippen LogP contribution in [0.15, 0.2) is 0 Å². The van der Waals surface area contributed by atoms with E-state index < -0.39 is 0 Å². The molecule has 0 aliphatic heterocycles. The van der Waals surface area contributed by atoms with Crippen molar-refractivity contribution < 1.29 is 23.9 Å². The maximum atomic E-state index is 12.7. The van der Waals surface area contributed by atoms with Crippen molar-refractivity contribution >= 4 is 11.9 Å². The molecule has 7 heteroatoms. The highest BCUT2D eigenvalue weighted by Gasteiger charge is 2.14. The Bertz CT molecular complexity index is 691. The van der Waals surface area contributed by atoms with Gasteiger partial charge in [-0.15, -0.1) is 0 Å². The number of unbranched alkanes of at least 4 members (excludes halogenated alkanes) is 22. The van der Waals surface area contributed by atoms with E-state index in [-0.39, 0.29) is 18.0 Å². The van der Waals surface area contributed by atoms with Gasteiger partial charge in [-0.3, -0.25) is 9.59 Å². The van der Waals surface area contributed by atoms with Crippen LogP contribution in [0.2, 0.25) is 0 Å². The monoisotopic (exact) mass is 711 g/mol. The van der Waals surface area contributed by atoms with Crippen LogP contribution in [0.25, 0.3) is 0 Å². The van der Waals surface area contributed by atoms with Gasteiger partial charge in [0.1, 0.15) is 6.10 Å². The fourth-order valence-electron chi connectivity index (χ4n) is 6.69. The van der Waals surface area contributed by atoms with Gasteiger partial charge in [-0.2, -0.15) is 0 Å². The Hall–Kier alpha value is -1.18. The first-order valence-electron chi connectivity index (χ1n) is 21.9. The van der Waals surface area contributed by atoms with Gasteiger partial charge in [0, 0.05) is 25.9 Å². The standard InChI is InChI=1S/C43H86N2O5/c1-5-8-11-14-18-25-32-41(33-26-19-15-12-9-6-2)50-43(47)35-28-21-17-23-30-38-45(39-36-44-48-4)37-29-22-16-20-27-34-42(46)49-40-31-24-13-10-7-3/h41,44H,5-40H2,1-4H3. The second kappa shape index (κ2) is 40.6. The quantitative estimate of drug-likeness (QED) is 0.0384. The molecule has 0 atom stereocenters. The van der Waals surface area contributed by atoms with E-state index in [4.69, 9.17) is 14.3 Å². The molecule has 0 aromatic carbocycles. The van der Waals surface area contributed by atoms with E-state index in [1.165, 1.54) is 135 Å². The highest BCUT2D eigenvalue weighted by Crippen LogP contribution is 2.18. The van der Waals surface area contributed by atoms with Gasteiger partial charge in [0.25, 0.3) is 0 Å². The summed E-state index contributed by atoms with van der Waals surface area (Å²) in [5, 5.41) is 0. The van der Waals surface area contributed by atoms with Crippen molar-refractivity contribution in [3.8, 4) is 0 Å². The Kier molecular flexibility index (Phi) is 39.6. The number of carbonyl (C=O) groups excluding carboxylic acids is 2. The second-order valence-corrected chi connectivity index (χ2v) is 14.8. The molecule has 0 aliphatic rings. The van der Waals surface area contributed by atoms with Gasteiger partial charge < -0.3 is 19.2 Å². The first kappa shape index (κ1) is 48.8. The maximum absolute atomic E-state index is 12.7. The number of ether oxygens (including phenoxy) is 2. The summed E-state index contributed by atoms with van der Waals surface area (Å²) < 4.78 is 11.4. The molecule has 7 nitrogen and oxygen atoms in total. The summed E-state index contributed by atoms with van der Waals surface area (Å²) in [5.74, 6) is 0.000343. The van der Waals surface area contributed by atoms with Crippen LogP contribution in [0.5, 0.6) is 0 Å². The van der Waals surface area contributed by atoms with E-state index in [0.29, 0.717) is 19.4 Å². The molecule has 0 radical (unpaired) electrons. The van der Waals surface area contributed by atoms with Crippen molar-refractivity contribution in [3.05, 3.63) is 0 Å². The van der Waals surface area contributed by atoms with Crippen LogP contribution in [0.4, 0.5) is 0 Å². The van der Waals surface area contributed by atoms with E-state index in [9.17, 15) is 9.59 Å². The van der Waals surface area contributed by atoms with Crippen molar-refractivity contribution in [3.63, 3.8) is 0 Å². The summed E-state index contributed by atoms with van der Waals surface area (Å²) in [6.45, 7) is 11.4. The number of nitrogens with one attached hydrogen (secondary N) is 1. The van der Waals surface area contributed by atoms with Crippen LogP contribution in [0.1, 0.15) is 220 Å². The van der Waals surface area contributed by atoms with Crippen LogP contribution >= 0.6 is 0 Å². The fraction of sp³-hybridized carbons (Fsp3) is 0.953. The van der Waals surface area contributed by atoms with Crippen LogP contribution in [-0.4, -0.2) is 62.8 Å². The fourth-order valence-corrected chi connectivity index (χ4v) is 6.69.